The Balaban J connectivity index is 2.28. The number of aromatic nitrogens is 1. The number of allylic oxidation sites excluding steroid dienone is 1. The number of hydrogen-bond donors (Lipinski definition) is 5. The smallest absolute Gasteiger partial charge is 0.247 e. The van der Waals surface area contributed by atoms with Crippen molar-refractivity contribution < 1.29 is 19.6 Å². The molecule has 0 unspecified atom stereocenters. The lowest BCUT2D eigenvalue weighted by Crippen LogP contribution is -2.51. The van der Waals surface area contributed by atoms with E-state index in [-0.39, 0.29) is 17.7 Å². The number of aromatic amines is 1. The maximum Gasteiger partial charge on any atom is 0.247 e. The number of likely N-dealkylation sites (N-methyl/N-ethyl adjacent to an activating group) is 1. The Morgan fingerprint density at radius 3 is 2.48 bits per heavy atom. The van der Waals surface area contributed by atoms with Crippen molar-refractivity contribution >= 4 is 28.6 Å². The summed E-state index contributed by atoms with van der Waals surface area (Å²) in [5.74, 6) is -2.53. The molecule has 0 spiro atoms. The zero-order valence-electron chi connectivity index (χ0n) is 19.7. The van der Waals surface area contributed by atoms with Crippen LogP contribution in [0.4, 0.5) is 0 Å². The van der Waals surface area contributed by atoms with Crippen molar-refractivity contribution in [3.05, 3.63) is 48.7 Å². The van der Waals surface area contributed by atoms with E-state index in [1.807, 2.05) is 44.3 Å². The van der Waals surface area contributed by atoms with Crippen LogP contribution in [0.1, 0.15) is 45.1 Å². The van der Waals surface area contributed by atoms with Crippen molar-refractivity contribution in [3.63, 3.8) is 0 Å². The Hall–Kier alpha value is -3.13. The van der Waals surface area contributed by atoms with Gasteiger partial charge in [0.25, 0.3) is 0 Å². The molecule has 0 aliphatic heterocycles. The van der Waals surface area contributed by atoms with Crippen molar-refractivity contribution in [1.82, 2.24) is 21.1 Å². The van der Waals surface area contributed by atoms with E-state index in [1.165, 1.54) is 7.05 Å². The maximum atomic E-state index is 13.4. The Morgan fingerprint density at radius 2 is 1.85 bits per heavy atom. The third-order valence-corrected chi connectivity index (χ3v) is 5.90. The van der Waals surface area contributed by atoms with Crippen LogP contribution in [0.5, 0.6) is 0 Å². The molecule has 0 aliphatic carbocycles. The summed E-state index contributed by atoms with van der Waals surface area (Å²) in [7, 11) is 1.53. The first-order valence-corrected chi connectivity index (χ1v) is 11.4. The van der Waals surface area contributed by atoms with Gasteiger partial charge in [-0.2, -0.15) is 0 Å². The van der Waals surface area contributed by atoms with E-state index < -0.39 is 23.8 Å². The number of para-hydroxylation sites is 1. The fourth-order valence-corrected chi connectivity index (χ4v) is 4.22. The Labute approximate surface area is 195 Å². The van der Waals surface area contributed by atoms with Crippen LogP contribution in [-0.4, -0.2) is 41.0 Å². The van der Waals surface area contributed by atoms with Crippen LogP contribution >= 0.6 is 0 Å². The number of unbranched alkanes of at least 4 members (excludes halogenated alkanes) is 1. The number of carbonyl (C=O) groups excluding carboxylic acids is 3. The summed E-state index contributed by atoms with van der Waals surface area (Å²) in [5.41, 5.74) is 3.58. The van der Waals surface area contributed by atoms with Gasteiger partial charge in [-0.3, -0.25) is 19.6 Å². The number of fused-ring (bicyclic) bond motifs is 1. The number of rotatable bonds is 13. The summed E-state index contributed by atoms with van der Waals surface area (Å²) >= 11 is 0. The number of nitrogens with one attached hydrogen (secondary N) is 4. The molecule has 3 atom stereocenters. The molecule has 8 heteroatoms. The molecular formula is C25H36N4O4. The second-order valence-electron chi connectivity index (χ2n) is 8.78. The summed E-state index contributed by atoms with van der Waals surface area (Å²) in [5, 5.41) is 15.8. The number of hydrogen-bond acceptors (Lipinski definition) is 4. The van der Waals surface area contributed by atoms with Gasteiger partial charge in [0.1, 0.15) is 6.04 Å². The molecule has 1 aromatic heterocycles. The lowest BCUT2D eigenvalue weighted by atomic mass is 9.81. The minimum absolute atomic E-state index is 0.140. The van der Waals surface area contributed by atoms with Crippen molar-refractivity contribution in [2.45, 2.75) is 52.0 Å². The van der Waals surface area contributed by atoms with Crippen LogP contribution in [0.2, 0.25) is 0 Å². The van der Waals surface area contributed by atoms with Crippen LogP contribution in [0.25, 0.3) is 10.9 Å². The fourth-order valence-electron chi connectivity index (χ4n) is 4.22. The zero-order chi connectivity index (χ0) is 24.4. The highest BCUT2D eigenvalue weighted by molar-refractivity contribution is 5.92. The highest BCUT2D eigenvalue weighted by Crippen LogP contribution is 2.27. The van der Waals surface area contributed by atoms with Gasteiger partial charge in [0.2, 0.25) is 17.7 Å². The van der Waals surface area contributed by atoms with Gasteiger partial charge in [-0.05, 0) is 43.2 Å². The highest BCUT2D eigenvalue weighted by Gasteiger charge is 2.35. The second-order valence-corrected chi connectivity index (χ2v) is 8.78. The van der Waals surface area contributed by atoms with Gasteiger partial charge in [-0.1, -0.05) is 38.1 Å². The van der Waals surface area contributed by atoms with Crippen molar-refractivity contribution in [1.29, 1.82) is 0 Å². The maximum absolute atomic E-state index is 13.4. The molecule has 1 aromatic carbocycles. The molecule has 0 fully saturated rings. The van der Waals surface area contributed by atoms with E-state index in [1.54, 1.807) is 11.6 Å². The monoisotopic (exact) mass is 456 g/mol. The number of H-pyrrole nitrogens is 1. The van der Waals surface area contributed by atoms with Gasteiger partial charge in [0.15, 0.2) is 0 Å². The van der Waals surface area contributed by atoms with E-state index in [0.29, 0.717) is 32.1 Å². The SMILES string of the molecule is C=CCCC[C@H](C(=O)NO)[C@@H](CC(C)C)C(=O)N[C@@H](Cc1c[nH]c2ccccc12)C(=O)NC. The Bertz CT molecular complexity index is 953. The minimum atomic E-state index is -0.803. The molecule has 0 bridgehead atoms. The van der Waals surface area contributed by atoms with Crippen molar-refractivity contribution in [2.75, 3.05) is 7.05 Å². The summed E-state index contributed by atoms with van der Waals surface area (Å²) in [6, 6.07) is 6.96. The minimum Gasteiger partial charge on any atom is -0.361 e. The molecular weight excluding hydrogens is 420 g/mol. The molecule has 0 saturated carbocycles. The molecule has 2 aromatic rings. The topological polar surface area (TPSA) is 123 Å². The van der Waals surface area contributed by atoms with E-state index in [9.17, 15) is 19.6 Å². The van der Waals surface area contributed by atoms with E-state index in [4.69, 9.17) is 0 Å². The third kappa shape index (κ3) is 7.18. The summed E-state index contributed by atoms with van der Waals surface area (Å²) < 4.78 is 0. The molecule has 8 nitrogen and oxygen atoms in total. The van der Waals surface area contributed by atoms with Crippen molar-refractivity contribution in [3.8, 4) is 0 Å². The van der Waals surface area contributed by atoms with Gasteiger partial charge >= 0.3 is 0 Å². The predicted octanol–water partition coefficient (Wildman–Crippen LogP) is 3.08. The first-order valence-electron chi connectivity index (χ1n) is 11.4. The number of carbonyl (C=O) groups is 3. The Kier molecular flexibility index (Phi) is 10.1. The molecule has 0 saturated heterocycles. The Morgan fingerprint density at radius 1 is 1.12 bits per heavy atom. The number of benzene rings is 1. The first-order chi connectivity index (χ1) is 15.8. The van der Waals surface area contributed by atoms with Crippen LogP contribution in [0.3, 0.4) is 0 Å². The molecule has 180 valence electrons. The van der Waals surface area contributed by atoms with Crippen molar-refractivity contribution in [2.24, 2.45) is 17.8 Å². The van der Waals surface area contributed by atoms with Crippen LogP contribution in [0, 0.1) is 17.8 Å². The third-order valence-electron chi connectivity index (χ3n) is 5.90. The quantitative estimate of drug-likeness (QED) is 0.138. The van der Waals surface area contributed by atoms with Gasteiger partial charge in [-0.15, -0.1) is 6.58 Å². The fraction of sp³-hybridized carbons (Fsp3) is 0.480. The summed E-state index contributed by atoms with van der Waals surface area (Å²) in [6.07, 6.45) is 6.15. The average Bonchev–Trinajstić information content (AvgIpc) is 3.21. The van der Waals surface area contributed by atoms with Gasteiger partial charge in [-0.25, -0.2) is 5.48 Å². The van der Waals surface area contributed by atoms with Gasteiger partial charge < -0.3 is 15.6 Å². The molecule has 0 radical (unpaired) electrons. The van der Waals surface area contributed by atoms with E-state index in [0.717, 1.165) is 16.5 Å². The summed E-state index contributed by atoms with van der Waals surface area (Å²) in [4.78, 5) is 41.7. The lowest BCUT2D eigenvalue weighted by Gasteiger charge is -2.28. The van der Waals surface area contributed by atoms with Crippen LogP contribution in [-0.2, 0) is 20.8 Å². The molecule has 5 N–H and O–H groups in total. The molecule has 3 amide bonds. The number of amides is 3. The second kappa shape index (κ2) is 12.8. The zero-order valence-corrected chi connectivity index (χ0v) is 19.7. The predicted molar refractivity (Wildman–Crippen MR) is 128 cm³/mol. The molecule has 2 rings (SSSR count). The lowest BCUT2D eigenvalue weighted by molar-refractivity contribution is -0.142. The van der Waals surface area contributed by atoms with Crippen LogP contribution < -0.4 is 16.1 Å². The first kappa shape index (κ1) is 26.1. The summed E-state index contributed by atoms with van der Waals surface area (Å²) in [6.45, 7) is 7.64. The largest absolute Gasteiger partial charge is 0.361 e. The van der Waals surface area contributed by atoms with Crippen LogP contribution in [0.15, 0.2) is 43.1 Å². The molecule has 0 aliphatic rings. The average molecular weight is 457 g/mol. The normalized spacial score (nSPS) is 13.8. The molecule has 1 heterocycles. The highest BCUT2D eigenvalue weighted by atomic mass is 16.5. The standard InChI is InChI=1S/C25H36N4O4/c1-5-6-7-11-19(24(31)29-33)20(13-16(2)3)23(30)28-22(25(32)26-4)14-17-15-27-21-12-9-8-10-18(17)21/h5,8-10,12,15-16,19-20,22,27,33H,1,6-7,11,13-14H2,2-4H3,(H,26,32)(H,28,30)(H,29,31)/t19-,20+,22-/m0/s1. The van der Waals surface area contributed by atoms with E-state index >= 15 is 0 Å². The molecule has 33 heavy (non-hydrogen) atoms. The van der Waals surface area contributed by atoms with Gasteiger partial charge in [0.05, 0.1) is 5.92 Å². The van der Waals surface area contributed by atoms with E-state index in [2.05, 4.69) is 22.2 Å². The number of hydroxylamine groups is 1. The van der Waals surface area contributed by atoms with Gasteiger partial charge in [0, 0.05) is 36.5 Å².